The number of rotatable bonds is 3. The molecule has 0 atom stereocenters. The number of hydrogen-bond acceptors (Lipinski definition) is 2. The van der Waals surface area contributed by atoms with Gasteiger partial charge in [0.1, 0.15) is 0 Å². The third kappa shape index (κ3) is 1.79. The molecule has 0 radical (unpaired) electrons. The lowest BCUT2D eigenvalue weighted by atomic mass is 9.98. The lowest BCUT2D eigenvalue weighted by Crippen LogP contribution is -2.06. The van der Waals surface area contributed by atoms with E-state index in [1.807, 2.05) is 6.07 Å². The molecular formula is C15H22N2O. The van der Waals surface area contributed by atoms with Gasteiger partial charge in [0.15, 0.2) is 0 Å². The van der Waals surface area contributed by atoms with E-state index in [4.69, 9.17) is 5.73 Å². The molecule has 0 aliphatic heterocycles. The van der Waals surface area contributed by atoms with Crippen molar-refractivity contribution in [1.29, 1.82) is 0 Å². The van der Waals surface area contributed by atoms with E-state index in [1.54, 1.807) is 0 Å². The van der Waals surface area contributed by atoms with Gasteiger partial charge in [-0.3, -0.25) is 0 Å². The van der Waals surface area contributed by atoms with Gasteiger partial charge in [-0.05, 0) is 37.0 Å². The maximum absolute atomic E-state index is 9.26. The Morgan fingerprint density at radius 2 is 1.94 bits per heavy atom. The van der Waals surface area contributed by atoms with Crippen molar-refractivity contribution in [2.24, 2.45) is 0 Å². The van der Waals surface area contributed by atoms with Crippen molar-refractivity contribution in [3.05, 3.63) is 29.0 Å². The van der Waals surface area contributed by atoms with Gasteiger partial charge in [-0.25, -0.2) is 0 Å². The Morgan fingerprint density at radius 3 is 2.50 bits per heavy atom. The molecule has 3 heteroatoms. The Hall–Kier alpha value is -1.48. The van der Waals surface area contributed by atoms with Crippen molar-refractivity contribution in [3.63, 3.8) is 0 Å². The summed E-state index contributed by atoms with van der Waals surface area (Å²) in [5, 5.41) is 10.4. The van der Waals surface area contributed by atoms with Gasteiger partial charge in [0.05, 0.1) is 12.1 Å². The second-order valence-electron chi connectivity index (χ2n) is 5.21. The maximum atomic E-state index is 9.26. The molecule has 2 aromatic rings. The molecule has 0 saturated heterocycles. The second kappa shape index (κ2) is 4.65. The molecule has 0 unspecified atom stereocenters. The molecule has 2 rings (SSSR count). The molecule has 0 aliphatic rings. The number of fused-ring (bicyclic) bond motifs is 1. The number of anilines is 1. The number of nitrogen functional groups attached to an aromatic ring is 1. The fourth-order valence-corrected chi connectivity index (χ4v) is 2.70. The highest BCUT2D eigenvalue weighted by Crippen LogP contribution is 2.35. The standard InChI is InChI=1S/C15H22N2O/c1-9(2)12-5-6-13(16)14-10(3)11(4)17(7-8-18)15(12)14/h5-6,9,18H,7-8,16H2,1-4H3. The SMILES string of the molecule is Cc1c(C)n(CCO)c2c(C(C)C)ccc(N)c12. The molecule has 0 amide bonds. The van der Waals surface area contributed by atoms with Crippen LogP contribution in [0.2, 0.25) is 0 Å². The minimum atomic E-state index is 0.149. The van der Waals surface area contributed by atoms with Crippen molar-refractivity contribution < 1.29 is 5.11 Å². The van der Waals surface area contributed by atoms with Crippen LogP contribution in [0.3, 0.4) is 0 Å². The lowest BCUT2D eigenvalue weighted by Gasteiger charge is -2.13. The van der Waals surface area contributed by atoms with Crippen LogP contribution >= 0.6 is 0 Å². The Kier molecular flexibility index (Phi) is 3.35. The van der Waals surface area contributed by atoms with E-state index in [1.165, 1.54) is 22.3 Å². The predicted molar refractivity (Wildman–Crippen MR) is 77.0 cm³/mol. The van der Waals surface area contributed by atoms with Crippen LogP contribution in [0.5, 0.6) is 0 Å². The molecule has 18 heavy (non-hydrogen) atoms. The summed E-state index contributed by atoms with van der Waals surface area (Å²) in [5.74, 6) is 0.444. The highest BCUT2D eigenvalue weighted by molar-refractivity contribution is 5.97. The smallest absolute Gasteiger partial charge is 0.0610 e. The average molecular weight is 246 g/mol. The monoisotopic (exact) mass is 246 g/mol. The first-order valence-corrected chi connectivity index (χ1v) is 6.47. The summed E-state index contributed by atoms with van der Waals surface area (Å²) < 4.78 is 2.19. The Labute approximate surface area is 108 Å². The molecular weight excluding hydrogens is 224 g/mol. The molecule has 0 aliphatic carbocycles. The third-order valence-electron chi connectivity index (χ3n) is 3.78. The molecule has 0 spiro atoms. The van der Waals surface area contributed by atoms with E-state index >= 15 is 0 Å². The molecule has 3 nitrogen and oxygen atoms in total. The first-order valence-electron chi connectivity index (χ1n) is 6.47. The van der Waals surface area contributed by atoms with Crippen LogP contribution in [0.25, 0.3) is 10.9 Å². The van der Waals surface area contributed by atoms with Crippen LogP contribution < -0.4 is 5.73 Å². The summed E-state index contributed by atoms with van der Waals surface area (Å²) in [5.41, 5.74) is 11.9. The van der Waals surface area contributed by atoms with Crippen LogP contribution in [0.1, 0.15) is 36.6 Å². The fraction of sp³-hybridized carbons (Fsp3) is 0.467. The largest absolute Gasteiger partial charge is 0.398 e. The Morgan fingerprint density at radius 1 is 1.28 bits per heavy atom. The highest BCUT2D eigenvalue weighted by Gasteiger charge is 2.17. The minimum Gasteiger partial charge on any atom is -0.398 e. The predicted octanol–water partition coefficient (Wildman–Crippen LogP) is 2.96. The van der Waals surface area contributed by atoms with Gasteiger partial charge in [0, 0.05) is 23.3 Å². The number of aromatic nitrogens is 1. The summed E-state index contributed by atoms with van der Waals surface area (Å²) in [6.45, 7) is 9.34. The molecule has 0 bridgehead atoms. The van der Waals surface area contributed by atoms with Crippen LogP contribution in [0.4, 0.5) is 5.69 Å². The third-order valence-corrected chi connectivity index (χ3v) is 3.78. The van der Waals surface area contributed by atoms with Crippen molar-refractivity contribution in [3.8, 4) is 0 Å². The number of aryl methyl sites for hydroxylation is 1. The quantitative estimate of drug-likeness (QED) is 0.818. The van der Waals surface area contributed by atoms with E-state index in [0.717, 1.165) is 11.1 Å². The molecule has 1 aromatic carbocycles. The maximum Gasteiger partial charge on any atom is 0.0610 e. The van der Waals surface area contributed by atoms with Gasteiger partial charge in [-0.15, -0.1) is 0 Å². The number of hydrogen-bond donors (Lipinski definition) is 2. The van der Waals surface area contributed by atoms with Gasteiger partial charge in [-0.1, -0.05) is 19.9 Å². The van der Waals surface area contributed by atoms with Gasteiger partial charge in [-0.2, -0.15) is 0 Å². The lowest BCUT2D eigenvalue weighted by molar-refractivity contribution is 0.277. The molecule has 3 N–H and O–H groups in total. The first kappa shape index (κ1) is 13.0. The summed E-state index contributed by atoms with van der Waals surface area (Å²) >= 11 is 0. The highest BCUT2D eigenvalue weighted by atomic mass is 16.3. The Bertz CT molecular complexity index is 582. The van der Waals surface area contributed by atoms with E-state index in [9.17, 15) is 5.11 Å². The summed E-state index contributed by atoms with van der Waals surface area (Å²) in [6, 6.07) is 4.10. The van der Waals surface area contributed by atoms with Crippen molar-refractivity contribution in [1.82, 2.24) is 4.57 Å². The van der Waals surface area contributed by atoms with Gasteiger partial charge in [0.25, 0.3) is 0 Å². The van der Waals surface area contributed by atoms with Crippen molar-refractivity contribution >= 4 is 16.6 Å². The number of aliphatic hydroxyl groups is 1. The van der Waals surface area contributed by atoms with E-state index < -0.39 is 0 Å². The fourth-order valence-electron chi connectivity index (χ4n) is 2.70. The molecule has 1 heterocycles. The molecule has 98 valence electrons. The molecule has 1 aromatic heterocycles. The minimum absolute atomic E-state index is 0.149. The first-order chi connectivity index (χ1) is 8.49. The van der Waals surface area contributed by atoms with Crippen LogP contribution in [0, 0.1) is 13.8 Å². The van der Waals surface area contributed by atoms with E-state index in [0.29, 0.717) is 12.5 Å². The zero-order valence-electron chi connectivity index (χ0n) is 11.6. The normalized spacial score (nSPS) is 11.7. The molecule has 0 fully saturated rings. The zero-order chi connectivity index (χ0) is 13.4. The summed E-state index contributed by atoms with van der Waals surface area (Å²) in [6.07, 6.45) is 0. The summed E-state index contributed by atoms with van der Waals surface area (Å²) in [7, 11) is 0. The van der Waals surface area contributed by atoms with Gasteiger partial charge >= 0.3 is 0 Å². The van der Waals surface area contributed by atoms with Gasteiger partial charge in [0.2, 0.25) is 0 Å². The second-order valence-corrected chi connectivity index (χ2v) is 5.21. The van der Waals surface area contributed by atoms with Crippen LogP contribution in [0.15, 0.2) is 12.1 Å². The van der Waals surface area contributed by atoms with E-state index in [2.05, 4.69) is 38.3 Å². The average Bonchev–Trinajstić information content (AvgIpc) is 2.56. The number of benzene rings is 1. The number of aliphatic hydroxyl groups excluding tert-OH is 1. The van der Waals surface area contributed by atoms with Crippen molar-refractivity contribution in [2.75, 3.05) is 12.3 Å². The van der Waals surface area contributed by atoms with Crippen LogP contribution in [-0.4, -0.2) is 16.3 Å². The molecule has 0 saturated carbocycles. The number of nitrogens with zero attached hydrogens (tertiary/aromatic N) is 1. The van der Waals surface area contributed by atoms with Gasteiger partial charge < -0.3 is 15.4 Å². The van der Waals surface area contributed by atoms with E-state index in [-0.39, 0.29) is 6.61 Å². The topological polar surface area (TPSA) is 51.2 Å². The summed E-state index contributed by atoms with van der Waals surface area (Å²) in [4.78, 5) is 0. The Balaban J connectivity index is 2.90. The zero-order valence-corrected chi connectivity index (χ0v) is 11.6. The van der Waals surface area contributed by atoms with Crippen LogP contribution in [-0.2, 0) is 6.54 Å². The van der Waals surface area contributed by atoms with Crippen molar-refractivity contribution in [2.45, 2.75) is 40.2 Å². The number of nitrogens with two attached hydrogens (primary N) is 1.